The van der Waals surface area contributed by atoms with Gasteiger partial charge in [0, 0.05) is 24.4 Å². The van der Waals surface area contributed by atoms with Gasteiger partial charge in [0.2, 0.25) is 5.91 Å². The summed E-state index contributed by atoms with van der Waals surface area (Å²) >= 11 is 14.2. The Bertz CT molecular complexity index is 1030. The molecule has 0 saturated carbocycles. The molecule has 30 heavy (non-hydrogen) atoms. The molecule has 0 unspecified atom stereocenters. The number of amides is 1. The van der Waals surface area contributed by atoms with Crippen LogP contribution in [0.3, 0.4) is 0 Å². The SMILES string of the molecule is O=C(CSc1ccc(Cl)cc1)N/N=C\c1cc(Br)ccc1OCc1ccc(Br)cc1. The maximum absolute atomic E-state index is 12.0. The normalized spacial score (nSPS) is 10.9. The number of ether oxygens (including phenoxy) is 1. The van der Waals surface area contributed by atoms with Gasteiger partial charge in [0.1, 0.15) is 12.4 Å². The molecule has 0 bridgehead atoms. The molecule has 0 saturated heterocycles. The summed E-state index contributed by atoms with van der Waals surface area (Å²) in [4.78, 5) is 13.0. The Kier molecular flexibility index (Phi) is 8.81. The predicted octanol–water partition coefficient (Wildman–Crippen LogP) is 6.69. The van der Waals surface area contributed by atoms with Gasteiger partial charge in [0.05, 0.1) is 12.0 Å². The molecule has 0 fully saturated rings. The van der Waals surface area contributed by atoms with Crippen LogP contribution in [0.15, 0.2) is 85.7 Å². The quantitative estimate of drug-likeness (QED) is 0.187. The monoisotopic (exact) mass is 566 g/mol. The highest BCUT2D eigenvalue weighted by Crippen LogP contribution is 2.23. The largest absolute Gasteiger partial charge is 0.488 e. The maximum atomic E-state index is 12.0. The van der Waals surface area contributed by atoms with Crippen LogP contribution in [0.2, 0.25) is 5.02 Å². The molecular weight excluding hydrogens is 552 g/mol. The van der Waals surface area contributed by atoms with Crippen LogP contribution in [0.4, 0.5) is 0 Å². The third kappa shape index (κ3) is 7.47. The Morgan fingerprint density at radius 3 is 2.47 bits per heavy atom. The number of carbonyl (C=O) groups excluding carboxylic acids is 1. The highest BCUT2D eigenvalue weighted by atomic mass is 79.9. The molecule has 1 amide bonds. The molecule has 154 valence electrons. The van der Waals surface area contributed by atoms with Crippen molar-refractivity contribution in [3.05, 3.63) is 91.8 Å². The minimum absolute atomic E-state index is 0.196. The second kappa shape index (κ2) is 11.6. The molecule has 0 spiro atoms. The van der Waals surface area contributed by atoms with Crippen molar-refractivity contribution in [2.45, 2.75) is 11.5 Å². The maximum Gasteiger partial charge on any atom is 0.250 e. The van der Waals surface area contributed by atoms with Crippen molar-refractivity contribution >= 4 is 67.3 Å². The fourth-order valence-corrected chi connectivity index (χ4v) is 3.84. The number of hydrazone groups is 1. The first kappa shape index (κ1) is 22.9. The Morgan fingerprint density at radius 2 is 1.73 bits per heavy atom. The highest BCUT2D eigenvalue weighted by molar-refractivity contribution is 9.10. The van der Waals surface area contributed by atoms with Gasteiger partial charge in [0.15, 0.2) is 0 Å². The highest BCUT2D eigenvalue weighted by Gasteiger charge is 2.05. The number of hydrogen-bond acceptors (Lipinski definition) is 4. The van der Waals surface area contributed by atoms with Crippen LogP contribution in [-0.2, 0) is 11.4 Å². The smallest absolute Gasteiger partial charge is 0.250 e. The van der Waals surface area contributed by atoms with Crippen molar-refractivity contribution in [1.29, 1.82) is 0 Å². The summed E-state index contributed by atoms with van der Waals surface area (Å²) in [5, 5.41) is 4.74. The van der Waals surface area contributed by atoms with Crippen molar-refractivity contribution < 1.29 is 9.53 Å². The first-order valence-corrected chi connectivity index (χ1v) is 11.8. The van der Waals surface area contributed by atoms with E-state index in [0.29, 0.717) is 17.4 Å². The zero-order valence-corrected chi connectivity index (χ0v) is 20.4. The second-order valence-electron chi connectivity index (χ2n) is 6.13. The van der Waals surface area contributed by atoms with Crippen LogP contribution >= 0.6 is 55.2 Å². The minimum atomic E-state index is -0.196. The van der Waals surface area contributed by atoms with Gasteiger partial charge in [-0.05, 0) is 60.2 Å². The van der Waals surface area contributed by atoms with E-state index < -0.39 is 0 Å². The standard InChI is InChI=1S/C22H17Br2ClN2O2S/c23-17-3-1-15(2-4-17)13-29-21-10-5-18(24)11-16(21)12-26-27-22(28)14-30-20-8-6-19(25)7-9-20/h1-12H,13-14H2,(H,27,28)/b26-12-. The van der Waals surface area contributed by atoms with E-state index in [9.17, 15) is 4.79 Å². The molecule has 3 aromatic rings. The van der Waals surface area contributed by atoms with E-state index in [1.807, 2.05) is 54.6 Å². The lowest BCUT2D eigenvalue weighted by molar-refractivity contribution is -0.118. The van der Waals surface area contributed by atoms with Crippen LogP contribution < -0.4 is 10.2 Å². The predicted molar refractivity (Wildman–Crippen MR) is 131 cm³/mol. The molecule has 0 radical (unpaired) electrons. The minimum Gasteiger partial charge on any atom is -0.488 e. The van der Waals surface area contributed by atoms with E-state index in [-0.39, 0.29) is 11.7 Å². The van der Waals surface area contributed by atoms with Gasteiger partial charge < -0.3 is 4.74 Å². The number of carbonyl (C=O) groups is 1. The zero-order chi connectivity index (χ0) is 21.3. The summed E-state index contributed by atoms with van der Waals surface area (Å²) in [6.45, 7) is 0.430. The summed E-state index contributed by atoms with van der Waals surface area (Å²) in [5.41, 5.74) is 4.36. The van der Waals surface area contributed by atoms with Crippen LogP contribution in [0.5, 0.6) is 5.75 Å². The van der Waals surface area contributed by atoms with E-state index in [1.165, 1.54) is 11.8 Å². The second-order valence-corrected chi connectivity index (χ2v) is 9.45. The first-order chi connectivity index (χ1) is 14.5. The number of nitrogens with zero attached hydrogens (tertiary/aromatic N) is 1. The average molecular weight is 569 g/mol. The summed E-state index contributed by atoms with van der Waals surface area (Å²) < 4.78 is 7.85. The molecule has 8 heteroatoms. The molecule has 0 aliphatic heterocycles. The number of thioether (sulfide) groups is 1. The Hall–Kier alpha value is -1.80. The van der Waals surface area contributed by atoms with E-state index in [1.54, 1.807) is 18.3 Å². The topological polar surface area (TPSA) is 50.7 Å². The third-order valence-corrected chi connectivity index (χ3v) is 6.14. The van der Waals surface area contributed by atoms with Crippen molar-refractivity contribution in [2.24, 2.45) is 5.10 Å². The molecule has 0 aliphatic carbocycles. The van der Waals surface area contributed by atoms with Crippen LogP contribution in [-0.4, -0.2) is 17.9 Å². The Morgan fingerprint density at radius 1 is 1.03 bits per heavy atom. The van der Waals surface area contributed by atoms with Crippen LogP contribution in [0, 0.1) is 0 Å². The third-order valence-electron chi connectivity index (χ3n) is 3.86. The summed E-state index contributed by atoms with van der Waals surface area (Å²) in [6, 6.07) is 20.9. The van der Waals surface area contributed by atoms with Crippen molar-refractivity contribution in [2.75, 3.05) is 5.75 Å². The summed E-state index contributed by atoms with van der Waals surface area (Å²) in [5.74, 6) is 0.734. The average Bonchev–Trinajstić information content (AvgIpc) is 2.74. The fourth-order valence-electron chi connectivity index (χ4n) is 2.38. The lowest BCUT2D eigenvalue weighted by Gasteiger charge is -2.10. The molecule has 4 nitrogen and oxygen atoms in total. The summed E-state index contributed by atoms with van der Waals surface area (Å²) in [7, 11) is 0. The fraction of sp³-hybridized carbons (Fsp3) is 0.0909. The van der Waals surface area contributed by atoms with E-state index in [4.69, 9.17) is 16.3 Å². The molecule has 0 heterocycles. The van der Waals surface area contributed by atoms with Crippen molar-refractivity contribution in [3.63, 3.8) is 0 Å². The summed E-state index contributed by atoms with van der Waals surface area (Å²) in [6.07, 6.45) is 1.58. The van der Waals surface area contributed by atoms with Gasteiger partial charge >= 0.3 is 0 Å². The molecule has 3 rings (SSSR count). The van der Waals surface area contributed by atoms with Gasteiger partial charge in [-0.3, -0.25) is 4.79 Å². The zero-order valence-electron chi connectivity index (χ0n) is 15.6. The molecule has 3 aromatic carbocycles. The van der Waals surface area contributed by atoms with E-state index in [0.717, 1.165) is 25.0 Å². The van der Waals surface area contributed by atoms with E-state index in [2.05, 4.69) is 42.4 Å². The lowest BCUT2D eigenvalue weighted by atomic mass is 10.2. The Balaban J connectivity index is 1.55. The molecule has 1 N–H and O–H groups in total. The van der Waals surface area contributed by atoms with Gasteiger partial charge in [-0.25, -0.2) is 5.43 Å². The lowest BCUT2D eigenvalue weighted by Crippen LogP contribution is -2.19. The Labute approximate surface area is 201 Å². The van der Waals surface area contributed by atoms with Crippen molar-refractivity contribution in [3.8, 4) is 5.75 Å². The number of rotatable bonds is 8. The van der Waals surface area contributed by atoms with Gasteiger partial charge in [-0.2, -0.15) is 5.10 Å². The molecule has 0 aliphatic rings. The molecule has 0 aromatic heterocycles. The van der Waals surface area contributed by atoms with Gasteiger partial charge in [-0.15, -0.1) is 11.8 Å². The van der Waals surface area contributed by atoms with Crippen LogP contribution in [0.1, 0.15) is 11.1 Å². The number of benzene rings is 3. The number of hydrogen-bond donors (Lipinski definition) is 1. The first-order valence-electron chi connectivity index (χ1n) is 8.87. The van der Waals surface area contributed by atoms with E-state index >= 15 is 0 Å². The molecule has 0 atom stereocenters. The number of halogens is 3. The number of nitrogens with one attached hydrogen (secondary N) is 1. The molecular formula is C22H17Br2ClN2O2S. The van der Waals surface area contributed by atoms with Crippen LogP contribution in [0.25, 0.3) is 0 Å². The van der Waals surface area contributed by atoms with Gasteiger partial charge in [0.25, 0.3) is 0 Å². The van der Waals surface area contributed by atoms with Gasteiger partial charge in [-0.1, -0.05) is 55.6 Å². The van der Waals surface area contributed by atoms with Crippen molar-refractivity contribution in [1.82, 2.24) is 5.43 Å².